The van der Waals surface area contributed by atoms with Crippen molar-refractivity contribution in [2.24, 2.45) is 0 Å². The number of halogens is 1. The van der Waals surface area contributed by atoms with E-state index in [9.17, 15) is 9.18 Å². The zero-order valence-corrected chi connectivity index (χ0v) is 13.6. The number of carbonyl (C=O) groups is 1. The summed E-state index contributed by atoms with van der Waals surface area (Å²) in [4.78, 5) is 12.2. The summed E-state index contributed by atoms with van der Waals surface area (Å²) in [6.45, 7) is 0.183. The largest absolute Gasteiger partial charge is 0.454 e. The molecule has 126 valence electrons. The molecular weight excluding hydrogens is 347 g/mol. The SMILES string of the molecule is O=C(CSc1nnnn1-c1ccc2c(c1)OCO2)c1ccc(F)cc1. The number of hydrogen-bond donors (Lipinski definition) is 0. The van der Waals surface area contributed by atoms with Crippen molar-refractivity contribution in [1.29, 1.82) is 0 Å². The summed E-state index contributed by atoms with van der Waals surface area (Å²) in [6.07, 6.45) is 0. The number of tetrazole rings is 1. The lowest BCUT2D eigenvalue weighted by Crippen LogP contribution is -2.05. The molecule has 0 saturated heterocycles. The molecule has 0 fully saturated rings. The van der Waals surface area contributed by atoms with Crippen molar-refractivity contribution in [2.75, 3.05) is 12.5 Å². The first kappa shape index (κ1) is 15.6. The van der Waals surface area contributed by atoms with Gasteiger partial charge in [0.1, 0.15) is 5.82 Å². The molecule has 1 aromatic heterocycles. The van der Waals surface area contributed by atoms with Crippen LogP contribution in [0.4, 0.5) is 4.39 Å². The number of rotatable bonds is 5. The van der Waals surface area contributed by atoms with Gasteiger partial charge in [0.15, 0.2) is 17.3 Å². The minimum absolute atomic E-state index is 0.134. The van der Waals surface area contributed by atoms with Crippen molar-refractivity contribution in [3.05, 3.63) is 53.8 Å². The minimum atomic E-state index is -0.379. The molecule has 0 bridgehead atoms. The Hall–Kier alpha value is -2.94. The van der Waals surface area contributed by atoms with Crippen LogP contribution in [0, 0.1) is 5.82 Å². The maximum absolute atomic E-state index is 12.9. The van der Waals surface area contributed by atoms with Crippen LogP contribution in [-0.4, -0.2) is 38.5 Å². The second-order valence-electron chi connectivity index (χ2n) is 5.13. The van der Waals surface area contributed by atoms with Gasteiger partial charge in [-0.15, -0.1) is 5.10 Å². The first-order valence-corrected chi connectivity index (χ1v) is 8.29. The van der Waals surface area contributed by atoms with Crippen molar-refractivity contribution in [2.45, 2.75) is 5.16 Å². The maximum atomic E-state index is 12.9. The fourth-order valence-corrected chi connectivity index (χ4v) is 3.08. The number of carbonyl (C=O) groups excluding carboxylic acids is 1. The van der Waals surface area contributed by atoms with Crippen LogP contribution in [0.3, 0.4) is 0 Å². The summed E-state index contributed by atoms with van der Waals surface area (Å²) in [7, 11) is 0. The van der Waals surface area contributed by atoms with Crippen LogP contribution in [0.15, 0.2) is 47.6 Å². The van der Waals surface area contributed by atoms with E-state index in [-0.39, 0.29) is 24.1 Å². The summed E-state index contributed by atoms with van der Waals surface area (Å²) >= 11 is 1.20. The smallest absolute Gasteiger partial charge is 0.231 e. The van der Waals surface area contributed by atoms with Gasteiger partial charge < -0.3 is 9.47 Å². The Bertz CT molecular complexity index is 929. The van der Waals surface area contributed by atoms with E-state index in [1.165, 1.54) is 40.7 Å². The third-order valence-corrected chi connectivity index (χ3v) is 4.46. The first-order valence-electron chi connectivity index (χ1n) is 7.31. The molecule has 2 aromatic carbocycles. The lowest BCUT2D eigenvalue weighted by Gasteiger charge is -2.05. The lowest BCUT2D eigenvalue weighted by molar-refractivity contribution is 0.102. The maximum Gasteiger partial charge on any atom is 0.231 e. The molecule has 0 radical (unpaired) electrons. The summed E-state index contributed by atoms with van der Waals surface area (Å²) in [5, 5.41) is 12.0. The molecule has 0 aliphatic carbocycles. The number of hydrogen-bond acceptors (Lipinski definition) is 7. The monoisotopic (exact) mass is 358 g/mol. The molecule has 0 atom stereocenters. The molecular formula is C16H11FN4O3S. The number of fused-ring (bicyclic) bond motifs is 1. The van der Waals surface area contributed by atoms with E-state index in [0.29, 0.717) is 27.9 Å². The molecule has 9 heteroatoms. The first-order chi connectivity index (χ1) is 12.2. The molecule has 4 rings (SSSR count). The molecule has 0 N–H and O–H groups in total. The summed E-state index contributed by atoms with van der Waals surface area (Å²) in [5.74, 6) is 0.904. The normalized spacial score (nSPS) is 12.4. The average Bonchev–Trinajstić information content (AvgIpc) is 3.28. The highest BCUT2D eigenvalue weighted by molar-refractivity contribution is 7.99. The molecule has 0 spiro atoms. The Kier molecular flexibility index (Phi) is 4.06. The highest BCUT2D eigenvalue weighted by atomic mass is 32.2. The predicted molar refractivity (Wildman–Crippen MR) is 86.7 cm³/mol. The second kappa shape index (κ2) is 6.52. The summed E-state index contributed by atoms with van der Waals surface area (Å²) < 4.78 is 25.1. The minimum Gasteiger partial charge on any atom is -0.454 e. The van der Waals surface area contributed by atoms with Gasteiger partial charge in [-0.1, -0.05) is 11.8 Å². The molecule has 1 aliphatic rings. The molecule has 1 aliphatic heterocycles. The summed E-state index contributed by atoms with van der Waals surface area (Å²) in [5.41, 5.74) is 1.14. The number of aromatic nitrogens is 4. The van der Waals surface area contributed by atoms with Gasteiger partial charge in [0.2, 0.25) is 11.9 Å². The molecule has 3 aromatic rings. The summed E-state index contributed by atoms with van der Waals surface area (Å²) in [6, 6.07) is 10.8. The average molecular weight is 358 g/mol. The Morgan fingerprint density at radius 2 is 1.96 bits per heavy atom. The van der Waals surface area contributed by atoms with Crippen LogP contribution in [0.1, 0.15) is 10.4 Å². The molecule has 0 amide bonds. The quantitative estimate of drug-likeness (QED) is 0.512. The van der Waals surface area contributed by atoms with Gasteiger partial charge in [-0.05, 0) is 46.8 Å². The van der Waals surface area contributed by atoms with Gasteiger partial charge in [0.05, 0.1) is 11.4 Å². The number of ketones is 1. The topological polar surface area (TPSA) is 79.1 Å². The van der Waals surface area contributed by atoms with Crippen molar-refractivity contribution in [3.63, 3.8) is 0 Å². The Balaban J connectivity index is 1.50. The van der Waals surface area contributed by atoms with E-state index in [2.05, 4.69) is 15.5 Å². The number of benzene rings is 2. The number of Topliss-reactive ketones (excluding diaryl/α,β-unsaturated/α-hetero) is 1. The van der Waals surface area contributed by atoms with Crippen LogP contribution in [0.5, 0.6) is 11.5 Å². The standard InChI is InChI=1S/C16H11FN4O3S/c17-11-3-1-10(2-4-11)13(22)8-25-16-18-19-20-21(16)12-5-6-14-15(7-12)24-9-23-14/h1-7H,8-9H2. The Labute approximate surface area is 145 Å². The zero-order chi connectivity index (χ0) is 17.2. The van der Waals surface area contributed by atoms with Crippen LogP contribution in [0.2, 0.25) is 0 Å². The van der Waals surface area contributed by atoms with Crippen LogP contribution in [-0.2, 0) is 0 Å². The van der Waals surface area contributed by atoms with Crippen molar-refractivity contribution in [3.8, 4) is 17.2 Å². The van der Waals surface area contributed by atoms with E-state index in [1.54, 1.807) is 18.2 Å². The van der Waals surface area contributed by atoms with Gasteiger partial charge in [-0.3, -0.25) is 4.79 Å². The number of nitrogens with zero attached hydrogens (tertiary/aromatic N) is 4. The Morgan fingerprint density at radius 3 is 2.80 bits per heavy atom. The van der Waals surface area contributed by atoms with Crippen LogP contribution in [0.25, 0.3) is 5.69 Å². The lowest BCUT2D eigenvalue weighted by atomic mass is 10.1. The Morgan fingerprint density at radius 1 is 1.16 bits per heavy atom. The van der Waals surface area contributed by atoms with E-state index in [0.717, 1.165) is 0 Å². The van der Waals surface area contributed by atoms with Crippen LogP contribution >= 0.6 is 11.8 Å². The zero-order valence-electron chi connectivity index (χ0n) is 12.8. The van der Waals surface area contributed by atoms with E-state index >= 15 is 0 Å². The van der Waals surface area contributed by atoms with E-state index < -0.39 is 0 Å². The van der Waals surface area contributed by atoms with E-state index in [4.69, 9.17) is 9.47 Å². The molecule has 0 saturated carbocycles. The van der Waals surface area contributed by atoms with Crippen molar-refractivity contribution in [1.82, 2.24) is 20.2 Å². The molecule has 7 nitrogen and oxygen atoms in total. The van der Waals surface area contributed by atoms with Crippen molar-refractivity contribution < 1.29 is 18.7 Å². The van der Waals surface area contributed by atoms with Gasteiger partial charge in [-0.2, -0.15) is 4.68 Å². The van der Waals surface area contributed by atoms with Gasteiger partial charge >= 0.3 is 0 Å². The van der Waals surface area contributed by atoms with Crippen LogP contribution < -0.4 is 9.47 Å². The number of ether oxygens (including phenoxy) is 2. The fraction of sp³-hybridized carbons (Fsp3) is 0.125. The fourth-order valence-electron chi connectivity index (χ4n) is 2.30. The van der Waals surface area contributed by atoms with E-state index in [1.807, 2.05) is 0 Å². The molecule has 25 heavy (non-hydrogen) atoms. The van der Waals surface area contributed by atoms with Gasteiger partial charge in [0.25, 0.3) is 0 Å². The van der Waals surface area contributed by atoms with Gasteiger partial charge in [0, 0.05) is 11.6 Å². The van der Waals surface area contributed by atoms with Gasteiger partial charge in [-0.25, -0.2) is 4.39 Å². The van der Waals surface area contributed by atoms with Crippen molar-refractivity contribution >= 4 is 17.5 Å². The second-order valence-corrected chi connectivity index (χ2v) is 6.07. The highest BCUT2D eigenvalue weighted by Crippen LogP contribution is 2.34. The molecule has 2 heterocycles. The molecule has 0 unspecified atom stereocenters. The number of thioether (sulfide) groups is 1. The predicted octanol–water partition coefficient (Wildman–Crippen LogP) is 2.51. The third-order valence-electron chi connectivity index (χ3n) is 3.54. The third kappa shape index (κ3) is 3.18. The highest BCUT2D eigenvalue weighted by Gasteiger charge is 2.17.